The van der Waals surface area contributed by atoms with Gasteiger partial charge in [0, 0.05) is 66.8 Å². The summed E-state index contributed by atoms with van der Waals surface area (Å²) < 4.78 is 9.35. The van der Waals surface area contributed by atoms with Crippen molar-refractivity contribution in [3.8, 4) is 39.6 Å². The van der Waals surface area contributed by atoms with E-state index in [1.54, 1.807) is 0 Å². The van der Waals surface area contributed by atoms with Crippen molar-refractivity contribution in [3.05, 3.63) is 270 Å². The number of hydrogen-bond acceptors (Lipinski definition) is 4. The van der Waals surface area contributed by atoms with Crippen molar-refractivity contribution in [2.24, 2.45) is 0 Å². The molecule has 1 aliphatic heterocycles. The van der Waals surface area contributed by atoms with Gasteiger partial charge in [0.2, 0.25) is 0 Å². The van der Waals surface area contributed by atoms with Crippen LogP contribution >= 0.6 is 0 Å². The van der Waals surface area contributed by atoms with E-state index >= 15 is 0 Å². The van der Waals surface area contributed by atoms with Crippen LogP contribution in [0.3, 0.4) is 0 Å². The Morgan fingerprint density at radius 3 is 1.73 bits per heavy atom. The molecule has 0 unspecified atom stereocenters. The van der Waals surface area contributed by atoms with E-state index in [0.29, 0.717) is 23.3 Å². The average Bonchev–Trinajstić information content (AvgIpc) is 4.21. The minimum atomic E-state index is -0.422. The molecule has 9 aromatic carbocycles. The van der Waals surface area contributed by atoms with Crippen LogP contribution in [0.1, 0.15) is 127 Å². The summed E-state index contributed by atoms with van der Waals surface area (Å²) >= 11 is 0. The second kappa shape index (κ2) is 22.1. The fourth-order valence-corrected chi connectivity index (χ4v) is 11.9. The van der Waals surface area contributed by atoms with Gasteiger partial charge in [-0.1, -0.05) is 221 Å². The van der Waals surface area contributed by atoms with Gasteiger partial charge in [-0.25, -0.2) is 4.98 Å². The Morgan fingerprint density at radius 1 is 0.463 bits per heavy atom. The van der Waals surface area contributed by atoms with E-state index in [0.717, 1.165) is 67.1 Å². The number of rotatable bonds is 13. The summed E-state index contributed by atoms with van der Waals surface area (Å²) in [6, 6.07) is 82.6. The maximum Gasteiger partial charge on any atom is 0.135 e. The van der Waals surface area contributed by atoms with E-state index in [9.17, 15) is 0 Å². The molecule has 0 spiro atoms. The van der Waals surface area contributed by atoms with Gasteiger partial charge in [-0.2, -0.15) is 6.07 Å². The molecule has 2 aromatic heterocycles. The number of para-hydroxylation sites is 1. The van der Waals surface area contributed by atoms with Crippen molar-refractivity contribution in [2.75, 3.05) is 9.80 Å². The van der Waals surface area contributed by atoms with Crippen LogP contribution in [0.15, 0.2) is 212 Å². The van der Waals surface area contributed by atoms with Crippen molar-refractivity contribution < 1.29 is 25.8 Å². The van der Waals surface area contributed by atoms with E-state index in [1.807, 2.05) is 12.3 Å². The van der Waals surface area contributed by atoms with E-state index in [2.05, 4.69) is 310 Å². The van der Waals surface area contributed by atoms with Gasteiger partial charge in [0.15, 0.2) is 0 Å². The van der Waals surface area contributed by atoms with Crippen molar-refractivity contribution in [1.82, 2.24) is 9.55 Å². The van der Waals surface area contributed by atoms with Crippen LogP contribution in [0.25, 0.3) is 49.9 Å². The molecule has 0 atom stereocenters. The van der Waals surface area contributed by atoms with Gasteiger partial charge in [-0.05, 0) is 126 Å². The average molecular weight is 1250 g/mol. The monoisotopic (exact) mass is 1250 g/mol. The Hall–Kier alpha value is -7.98. The van der Waals surface area contributed by atoms with Gasteiger partial charge in [0.1, 0.15) is 5.82 Å². The molecule has 0 bridgehead atoms. The van der Waals surface area contributed by atoms with Crippen molar-refractivity contribution >= 4 is 44.6 Å². The molecule has 5 nitrogen and oxygen atoms in total. The SMILES string of the molecule is CC(C)c1cccc(C(C)C)c1-c1ccc2c(c1)N(c1cc(-c3ccccc3)cc(C(C)(C)c3ccccc3)c1)[CH-]N2c1[c-]c(Oc2[c-]c3c(cc2)c2ccccc2n3-c2cc(C(C)(C)C)ccn2)cc(C(C)(C)c2ccccc2)c1.[Pt]. The van der Waals surface area contributed by atoms with Crippen molar-refractivity contribution in [2.45, 2.75) is 104 Å². The van der Waals surface area contributed by atoms with E-state index < -0.39 is 5.41 Å². The molecule has 1 aliphatic rings. The summed E-state index contributed by atoms with van der Waals surface area (Å²) in [5.74, 6) is 2.68. The number of pyridine rings is 1. The van der Waals surface area contributed by atoms with Gasteiger partial charge in [-0.15, -0.1) is 53.6 Å². The number of nitrogens with zero attached hydrogens (tertiary/aromatic N) is 4. The Balaban J connectivity index is 0.00000705. The fourth-order valence-electron chi connectivity index (χ4n) is 11.9. The first-order valence-electron chi connectivity index (χ1n) is 28.6. The second-order valence-corrected chi connectivity index (χ2v) is 24.6. The van der Waals surface area contributed by atoms with Crippen LogP contribution in [-0.4, -0.2) is 9.55 Å². The van der Waals surface area contributed by atoms with Crippen molar-refractivity contribution in [1.29, 1.82) is 0 Å². The third-order valence-electron chi connectivity index (χ3n) is 16.8. The maximum atomic E-state index is 7.13. The molecule has 82 heavy (non-hydrogen) atoms. The quantitative estimate of drug-likeness (QED) is 0.108. The molecule has 0 N–H and O–H groups in total. The van der Waals surface area contributed by atoms with Gasteiger partial charge in [-0.3, -0.25) is 0 Å². The first kappa shape index (κ1) is 55.9. The topological polar surface area (TPSA) is 33.5 Å². The summed E-state index contributed by atoms with van der Waals surface area (Å²) in [4.78, 5) is 9.67. The largest absolute Gasteiger partial charge is 0.509 e. The fraction of sp³-hybridized carbons (Fsp3) is 0.211. The Bertz CT molecular complexity index is 4090. The Kier molecular flexibility index (Phi) is 15.0. The molecule has 3 heterocycles. The minimum absolute atomic E-state index is 0. The third kappa shape index (κ3) is 10.4. The van der Waals surface area contributed by atoms with E-state index in [-0.39, 0.29) is 31.9 Å². The van der Waals surface area contributed by atoms with Gasteiger partial charge in [0.25, 0.3) is 0 Å². The molecule has 0 saturated carbocycles. The van der Waals surface area contributed by atoms with E-state index in [1.165, 1.54) is 44.5 Å². The molecule has 6 heteroatoms. The predicted octanol–water partition coefficient (Wildman–Crippen LogP) is 20.5. The Labute approximate surface area is 500 Å². The van der Waals surface area contributed by atoms with Gasteiger partial charge >= 0.3 is 0 Å². The third-order valence-corrected chi connectivity index (χ3v) is 16.8. The number of aromatic nitrogens is 2. The van der Waals surface area contributed by atoms with Gasteiger partial charge < -0.3 is 19.1 Å². The molecule has 0 aliphatic carbocycles. The second-order valence-electron chi connectivity index (χ2n) is 24.6. The minimum Gasteiger partial charge on any atom is -0.509 e. The zero-order chi connectivity index (χ0) is 56.4. The zero-order valence-electron chi connectivity index (χ0n) is 49.0. The van der Waals surface area contributed by atoms with Crippen LogP contribution in [0.2, 0.25) is 0 Å². The number of fused-ring (bicyclic) bond motifs is 4. The summed E-state index contributed by atoms with van der Waals surface area (Å²) in [5, 5.41) is 2.21. The molecule has 11 aromatic rings. The summed E-state index contributed by atoms with van der Waals surface area (Å²) in [5.41, 5.74) is 18.7. The number of benzene rings is 9. The van der Waals surface area contributed by atoms with Crippen LogP contribution in [0.5, 0.6) is 11.5 Å². The normalized spacial score (nSPS) is 12.8. The maximum absolute atomic E-state index is 7.13. The molecule has 0 saturated heterocycles. The first-order chi connectivity index (χ1) is 38.9. The predicted molar refractivity (Wildman–Crippen MR) is 339 cm³/mol. The van der Waals surface area contributed by atoms with Crippen LogP contribution in [0.4, 0.5) is 22.7 Å². The standard InChI is InChI=1S/C76H71N4O.Pt/c1-50(2)64-31-23-32-65(51(3)4)73(64)53-34-37-69-71(42-53)79(60-41-54(52-24-15-12-16-25-52)40-58(43-60)75(8,9)55-26-17-13-18-27-55)49-78(69)61-44-59(76(10,11)56-28-19-14-20-29-56)45-63(47-61)81-62-35-36-67-66-30-21-22-33-68(66)80(70(67)48-62)72-46-57(38-39-77-72)74(5,6)7;/h12-46,49-51H,1-11H3;/q-3;. The molecule has 0 radical (unpaired) electrons. The first-order valence-corrected chi connectivity index (χ1v) is 28.6. The number of hydrogen-bond donors (Lipinski definition) is 0. The number of anilines is 4. The zero-order valence-corrected chi connectivity index (χ0v) is 51.2. The van der Waals surface area contributed by atoms with Crippen LogP contribution in [0, 0.1) is 18.8 Å². The number of ether oxygens (including phenoxy) is 1. The van der Waals surface area contributed by atoms with E-state index in [4.69, 9.17) is 9.72 Å². The summed E-state index contributed by atoms with van der Waals surface area (Å²) in [7, 11) is 0. The Morgan fingerprint density at radius 2 is 1.09 bits per heavy atom. The molecule has 0 fully saturated rings. The summed E-state index contributed by atoms with van der Waals surface area (Å²) in [6.07, 6.45) is 1.92. The molecule has 12 rings (SSSR count). The van der Waals surface area contributed by atoms with Crippen LogP contribution in [-0.2, 0) is 37.3 Å². The molecule has 0 amide bonds. The molecular weight excluding hydrogens is 1180 g/mol. The van der Waals surface area contributed by atoms with Crippen molar-refractivity contribution in [3.63, 3.8) is 0 Å². The molecule has 414 valence electrons. The van der Waals surface area contributed by atoms with Crippen LogP contribution < -0.4 is 14.5 Å². The van der Waals surface area contributed by atoms with Gasteiger partial charge in [0.05, 0.1) is 0 Å². The molecular formula is C76H71N4OPt-3. The summed E-state index contributed by atoms with van der Waals surface area (Å²) in [6.45, 7) is 27.5. The smallest absolute Gasteiger partial charge is 0.135 e.